The molecule has 0 bridgehead atoms. The zero-order valence-corrected chi connectivity index (χ0v) is 9.00. The number of nitrogens with zero attached hydrogens (tertiary/aromatic N) is 1. The Morgan fingerprint density at radius 3 is 2.53 bits per heavy atom. The summed E-state index contributed by atoms with van der Waals surface area (Å²) in [5, 5.41) is 0. The lowest BCUT2D eigenvalue weighted by atomic mass is 10.0. The van der Waals surface area contributed by atoms with Crippen molar-refractivity contribution in [2.75, 3.05) is 25.5 Å². The Labute approximate surface area is 88.7 Å². The molecule has 2 nitrogen and oxygen atoms in total. The Kier molecular flexibility index (Phi) is 3.63. The maximum atomic E-state index is 13.5. The Bertz CT molecular complexity index is 324. The minimum atomic E-state index is -2.83. The SMILES string of the molecule is CN(C)c1cccc(C(F)(F)CCN)c1. The number of anilines is 1. The van der Waals surface area contributed by atoms with Crippen LogP contribution in [0, 0.1) is 0 Å². The van der Waals surface area contributed by atoms with Gasteiger partial charge in [-0.2, -0.15) is 0 Å². The van der Waals surface area contributed by atoms with E-state index < -0.39 is 5.92 Å². The van der Waals surface area contributed by atoms with Crippen LogP contribution in [0.5, 0.6) is 0 Å². The predicted molar refractivity (Wildman–Crippen MR) is 58.3 cm³/mol. The molecule has 15 heavy (non-hydrogen) atoms. The quantitative estimate of drug-likeness (QED) is 0.832. The largest absolute Gasteiger partial charge is 0.378 e. The topological polar surface area (TPSA) is 29.3 Å². The fourth-order valence-electron chi connectivity index (χ4n) is 1.34. The first-order valence-electron chi connectivity index (χ1n) is 4.83. The van der Waals surface area contributed by atoms with Crippen LogP contribution in [0.4, 0.5) is 14.5 Å². The summed E-state index contributed by atoms with van der Waals surface area (Å²) >= 11 is 0. The van der Waals surface area contributed by atoms with Crippen LogP contribution < -0.4 is 10.6 Å². The zero-order valence-electron chi connectivity index (χ0n) is 9.00. The Hall–Kier alpha value is -1.16. The maximum Gasteiger partial charge on any atom is 0.274 e. The third kappa shape index (κ3) is 2.89. The summed E-state index contributed by atoms with van der Waals surface area (Å²) in [7, 11) is 3.64. The van der Waals surface area contributed by atoms with Crippen LogP contribution in [0.2, 0.25) is 0 Å². The van der Waals surface area contributed by atoms with Crippen molar-refractivity contribution >= 4 is 5.69 Å². The van der Waals surface area contributed by atoms with Crippen LogP contribution in [-0.4, -0.2) is 20.6 Å². The molecule has 0 aliphatic rings. The maximum absolute atomic E-state index is 13.5. The first-order chi connectivity index (χ1) is 6.97. The first kappa shape index (κ1) is 11.9. The van der Waals surface area contributed by atoms with Gasteiger partial charge in [0.05, 0.1) is 0 Å². The predicted octanol–water partition coefficient (Wildman–Crippen LogP) is 2.19. The van der Waals surface area contributed by atoms with Crippen molar-refractivity contribution in [1.29, 1.82) is 0 Å². The minimum absolute atomic E-state index is 0.0147. The molecule has 0 aromatic heterocycles. The Balaban J connectivity index is 2.99. The molecule has 0 fully saturated rings. The molecule has 0 atom stereocenters. The number of rotatable bonds is 4. The van der Waals surface area contributed by atoms with Gasteiger partial charge in [0.1, 0.15) is 0 Å². The van der Waals surface area contributed by atoms with E-state index >= 15 is 0 Å². The van der Waals surface area contributed by atoms with Crippen molar-refractivity contribution in [1.82, 2.24) is 0 Å². The number of nitrogens with two attached hydrogens (primary N) is 1. The lowest BCUT2D eigenvalue weighted by Crippen LogP contribution is -2.19. The molecular weight excluding hydrogens is 198 g/mol. The average Bonchev–Trinajstić information content (AvgIpc) is 2.18. The normalized spacial score (nSPS) is 11.5. The van der Waals surface area contributed by atoms with Crippen molar-refractivity contribution < 1.29 is 8.78 Å². The van der Waals surface area contributed by atoms with Crippen LogP contribution in [0.1, 0.15) is 12.0 Å². The minimum Gasteiger partial charge on any atom is -0.378 e. The zero-order chi connectivity index (χ0) is 11.5. The molecule has 0 radical (unpaired) electrons. The van der Waals surface area contributed by atoms with Gasteiger partial charge in [0.2, 0.25) is 0 Å². The van der Waals surface area contributed by atoms with E-state index in [4.69, 9.17) is 5.73 Å². The summed E-state index contributed by atoms with van der Waals surface area (Å²) in [6.07, 6.45) is -0.316. The van der Waals surface area contributed by atoms with Gasteiger partial charge in [-0.05, 0) is 18.7 Å². The van der Waals surface area contributed by atoms with E-state index in [1.165, 1.54) is 12.1 Å². The molecule has 0 saturated carbocycles. The second-order valence-corrected chi connectivity index (χ2v) is 3.69. The summed E-state index contributed by atoms with van der Waals surface area (Å²) in [5.74, 6) is -2.83. The van der Waals surface area contributed by atoms with E-state index in [0.717, 1.165) is 5.69 Å². The van der Waals surface area contributed by atoms with E-state index in [1.54, 1.807) is 17.0 Å². The highest BCUT2D eigenvalue weighted by Gasteiger charge is 2.30. The van der Waals surface area contributed by atoms with Crippen LogP contribution >= 0.6 is 0 Å². The number of halogens is 2. The smallest absolute Gasteiger partial charge is 0.274 e. The number of hydrogen-bond acceptors (Lipinski definition) is 2. The summed E-state index contributed by atoms with van der Waals surface area (Å²) in [6, 6.07) is 6.36. The highest BCUT2D eigenvalue weighted by Crippen LogP contribution is 2.32. The van der Waals surface area contributed by atoms with E-state index in [2.05, 4.69) is 0 Å². The lowest BCUT2D eigenvalue weighted by Gasteiger charge is -2.19. The monoisotopic (exact) mass is 214 g/mol. The molecule has 0 spiro atoms. The van der Waals surface area contributed by atoms with Crippen molar-refractivity contribution in [2.24, 2.45) is 5.73 Å². The van der Waals surface area contributed by atoms with Gasteiger partial charge in [0, 0.05) is 31.8 Å². The van der Waals surface area contributed by atoms with Crippen LogP contribution in [0.15, 0.2) is 24.3 Å². The van der Waals surface area contributed by atoms with Gasteiger partial charge in [-0.3, -0.25) is 0 Å². The van der Waals surface area contributed by atoms with E-state index in [9.17, 15) is 8.78 Å². The van der Waals surface area contributed by atoms with Crippen molar-refractivity contribution in [3.8, 4) is 0 Å². The molecular formula is C11H16F2N2. The van der Waals surface area contributed by atoms with Crippen LogP contribution in [0.3, 0.4) is 0 Å². The average molecular weight is 214 g/mol. The molecule has 0 unspecified atom stereocenters. The third-order valence-electron chi connectivity index (χ3n) is 2.24. The van der Waals surface area contributed by atoms with Crippen molar-refractivity contribution in [3.63, 3.8) is 0 Å². The molecule has 0 aliphatic heterocycles. The second-order valence-electron chi connectivity index (χ2n) is 3.69. The van der Waals surface area contributed by atoms with Gasteiger partial charge >= 0.3 is 0 Å². The summed E-state index contributed by atoms with van der Waals surface area (Å²) in [6.45, 7) is -0.0147. The molecule has 0 heterocycles. The molecule has 0 saturated heterocycles. The first-order valence-corrected chi connectivity index (χ1v) is 4.83. The van der Waals surface area contributed by atoms with Gasteiger partial charge in [-0.25, -0.2) is 8.78 Å². The molecule has 2 N–H and O–H groups in total. The van der Waals surface area contributed by atoms with E-state index in [1.807, 2.05) is 14.1 Å². The molecule has 1 aromatic carbocycles. The molecule has 84 valence electrons. The van der Waals surface area contributed by atoms with Crippen molar-refractivity contribution in [2.45, 2.75) is 12.3 Å². The molecule has 0 amide bonds. The standard InChI is InChI=1S/C11H16F2N2/c1-15(2)10-5-3-4-9(8-10)11(12,13)6-7-14/h3-5,8H,6-7,14H2,1-2H3. The highest BCUT2D eigenvalue weighted by atomic mass is 19.3. The molecule has 1 rings (SSSR count). The lowest BCUT2D eigenvalue weighted by molar-refractivity contribution is -0.0106. The number of alkyl halides is 2. The fraction of sp³-hybridized carbons (Fsp3) is 0.455. The number of hydrogen-bond donors (Lipinski definition) is 1. The van der Waals surface area contributed by atoms with Crippen LogP contribution in [0.25, 0.3) is 0 Å². The fourth-order valence-corrected chi connectivity index (χ4v) is 1.34. The van der Waals surface area contributed by atoms with E-state index in [0.29, 0.717) is 0 Å². The van der Waals surface area contributed by atoms with Gasteiger partial charge < -0.3 is 10.6 Å². The third-order valence-corrected chi connectivity index (χ3v) is 2.24. The van der Waals surface area contributed by atoms with Gasteiger partial charge in [-0.15, -0.1) is 0 Å². The second kappa shape index (κ2) is 4.57. The summed E-state index contributed by atoms with van der Waals surface area (Å²) in [4.78, 5) is 1.79. The van der Waals surface area contributed by atoms with Gasteiger partial charge in [0.15, 0.2) is 0 Å². The molecule has 0 aliphatic carbocycles. The van der Waals surface area contributed by atoms with Crippen molar-refractivity contribution in [3.05, 3.63) is 29.8 Å². The Morgan fingerprint density at radius 1 is 1.33 bits per heavy atom. The highest BCUT2D eigenvalue weighted by molar-refractivity contribution is 5.48. The summed E-state index contributed by atoms with van der Waals surface area (Å²) in [5.41, 5.74) is 5.95. The van der Waals surface area contributed by atoms with E-state index in [-0.39, 0.29) is 18.5 Å². The van der Waals surface area contributed by atoms with Gasteiger partial charge in [0.25, 0.3) is 5.92 Å². The molecule has 1 aromatic rings. The Morgan fingerprint density at radius 2 is 2.00 bits per heavy atom. The van der Waals surface area contributed by atoms with Gasteiger partial charge in [-0.1, -0.05) is 12.1 Å². The number of benzene rings is 1. The summed E-state index contributed by atoms with van der Waals surface area (Å²) < 4.78 is 27.0. The van der Waals surface area contributed by atoms with Crippen LogP contribution in [-0.2, 0) is 5.92 Å². The molecule has 4 heteroatoms.